The van der Waals surface area contributed by atoms with Crippen LogP contribution in [-0.4, -0.2) is 41.9 Å². The van der Waals surface area contributed by atoms with E-state index in [4.69, 9.17) is 4.74 Å². The number of hydrogen-bond acceptors (Lipinski definition) is 3. The normalized spacial score (nSPS) is 35.3. The van der Waals surface area contributed by atoms with Crippen LogP contribution < -0.4 is 0 Å². The predicted octanol–water partition coefficient (Wildman–Crippen LogP) is 2.05. The van der Waals surface area contributed by atoms with Gasteiger partial charge in [0, 0.05) is 25.0 Å². The molecule has 3 atom stereocenters. The molecule has 0 saturated carbocycles. The van der Waals surface area contributed by atoms with E-state index in [1.165, 1.54) is 5.56 Å². The van der Waals surface area contributed by atoms with Crippen molar-refractivity contribution in [2.75, 3.05) is 19.7 Å². The van der Waals surface area contributed by atoms with Gasteiger partial charge in [-0.05, 0) is 25.3 Å². The molecule has 2 aliphatic heterocycles. The average molecular weight is 261 g/mol. The minimum absolute atomic E-state index is 0.0353. The Morgan fingerprint density at radius 1 is 1.37 bits per heavy atom. The monoisotopic (exact) mass is 261 g/mol. The van der Waals surface area contributed by atoms with Crippen LogP contribution in [0.5, 0.6) is 0 Å². The van der Waals surface area contributed by atoms with E-state index >= 15 is 0 Å². The smallest absolute Gasteiger partial charge is 0.0682 e. The van der Waals surface area contributed by atoms with E-state index in [0.29, 0.717) is 0 Å². The molecule has 0 unspecified atom stereocenters. The lowest BCUT2D eigenvalue weighted by Gasteiger charge is -2.42. The minimum atomic E-state index is -0.0353. The summed E-state index contributed by atoms with van der Waals surface area (Å²) >= 11 is 0. The fourth-order valence-corrected chi connectivity index (χ4v) is 3.73. The predicted molar refractivity (Wildman–Crippen MR) is 74.8 cm³/mol. The van der Waals surface area contributed by atoms with Gasteiger partial charge in [-0.25, -0.2) is 0 Å². The molecule has 1 aromatic rings. The number of benzene rings is 1. The summed E-state index contributed by atoms with van der Waals surface area (Å²) < 4.78 is 5.97. The summed E-state index contributed by atoms with van der Waals surface area (Å²) in [4.78, 5) is 2.46. The zero-order chi connectivity index (χ0) is 13.3. The van der Waals surface area contributed by atoms with E-state index in [2.05, 4.69) is 42.2 Å². The number of rotatable bonds is 3. The lowest BCUT2D eigenvalue weighted by molar-refractivity contribution is -0.0558. The summed E-state index contributed by atoms with van der Waals surface area (Å²) in [6, 6.07) is 10.6. The molecule has 0 bridgehead atoms. The van der Waals surface area contributed by atoms with E-state index in [1.807, 2.05) is 0 Å². The zero-order valence-corrected chi connectivity index (χ0v) is 11.6. The van der Waals surface area contributed by atoms with Crippen LogP contribution in [-0.2, 0) is 11.3 Å². The van der Waals surface area contributed by atoms with Gasteiger partial charge in [-0.2, -0.15) is 0 Å². The zero-order valence-electron chi connectivity index (χ0n) is 11.6. The van der Waals surface area contributed by atoms with E-state index in [0.717, 1.165) is 32.5 Å². The quantitative estimate of drug-likeness (QED) is 0.904. The molecular formula is C16H23NO2. The van der Waals surface area contributed by atoms with Crippen molar-refractivity contribution in [3.05, 3.63) is 35.9 Å². The summed E-state index contributed by atoms with van der Waals surface area (Å²) in [7, 11) is 0. The Balaban J connectivity index is 1.70. The molecule has 0 amide bonds. The molecule has 0 aliphatic carbocycles. The molecule has 1 aromatic carbocycles. The first-order valence-electron chi connectivity index (χ1n) is 7.24. The summed E-state index contributed by atoms with van der Waals surface area (Å²) in [5.41, 5.74) is 1.31. The Morgan fingerprint density at radius 2 is 2.16 bits per heavy atom. The number of ether oxygens (including phenoxy) is 1. The van der Waals surface area contributed by atoms with Crippen molar-refractivity contribution < 1.29 is 9.84 Å². The molecule has 3 rings (SSSR count). The second-order valence-corrected chi connectivity index (χ2v) is 6.14. The number of nitrogens with zero attached hydrogens (tertiary/aromatic N) is 1. The van der Waals surface area contributed by atoms with Crippen LogP contribution in [0.4, 0.5) is 0 Å². The highest BCUT2D eigenvalue weighted by Gasteiger charge is 2.49. The maximum Gasteiger partial charge on any atom is 0.0682 e. The topological polar surface area (TPSA) is 32.7 Å². The van der Waals surface area contributed by atoms with Gasteiger partial charge >= 0.3 is 0 Å². The van der Waals surface area contributed by atoms with E-state index in [9.17, 15) is 5.11 Å². The molecule has 2 fully saturated rings. The van der Waals surface area contributed by atoms with Crippen molar-refractivity contribution in [2.24, 2.45) is 5.41 Å². The molecule has 0 radical (unpaired) electrons. The Kier molecular flexibility index (Phi) is 3.61. The van der Waals surface area contributed by atoms with Crippen molar-refractivity contribution >= 4 is 0 Å². The highest BCUT2D eigenvalue weighted by atomic mass is 16.5. The Hall–Kier alpha value is -0.900. The Bertz CT molecular complexity index is 422. The molecule has 0 aromatic heterocycles. The van der Waals surface area contributed by atoms with Crippen molar-refractivity contribution in [2.45, 2.75) is 38.5 Å². The number of likely N-dealkylation sites (tertiary alicyclic amines) is 1. The van der Waals surface area contributed by atoms with Crippen molar-refractivity contribution in [3.63, 3.8) is 0 Å². The number of piperidine rings is 1. The fourth-order valence-electron chi connectivity index (χ4n) is 3.73. The van der Waals surface area contributed by atoms with Gasteiger partial charge in [0.25, 0.3) is 0 Å². The first kappa shape index (κ1) is 13.1. The molecule has 2 saturated heterocycles. The number of hydrogen-bond donors (Lipinski definition) is 1. The average Bonchev–Trinajstić information content (AvgIpc) is 2.76. The number of aliphatic hydroxyl groups is 1. The third kappa shape index (κ3) is 2.55. The van der Waals surface area contributed by atoms with Gasteiger partial charge in [-0.3, -0.25) is 4.90 Å². The van der Waals surface area contributed by atoms with Gasteiger partial charge in [0.15, 0.2) is 0 Å². The van der Waals surface area contributed by atoms with Gasteiger partial charge in [-0.1, -0.05) is 30.3 Å². The molecule has 1 N–H and O–H groups in total. The van der Waals surface area contributed by atoms with E-state index in [1.54, 1.807) is 0 Å². The van der Waals surface area contributed by atoms with Crippen molar-refractivity contribution in [1.82, 2.24) is 4.90 Å². The molecule has 2 heterocycles. The molecule has 19 heavy (non-hydrogen) atoms. The molecule has 0 spiro atoms. The largest absolute Gasteiger partial charge is 0.396 e. The van der Waals surface area contributed by atoms with Crippen LogP contribution >= 0.6 is 0 Å². The highest BCUT2D eigenvalue weighted by molar-refractivity contribution is 5.15. The second kappa shape index (κ2) is 5.23. The molecule has 2 aliphatic rings. The SMILES string of the molecule is C[C@@H]1C[C@@]2(CO)CN(Cc3ccccc3)CC[C@H]2O1. The molecule has 104 valence electrons. The standard InChI is InChI=1S/C16H23NO2/c1-13-9-16(12-18)11-17(8-7-15(16)19-13)10-14-5-3-2-4-6-14/h2-6,13,15,18H,7-12H2,1H3/t13-,15-,16+/m1/s1. The van der Waals surface area contributed by atoms with Crippen LogP contribution in [0.2, 0.25) is 0 Å². The second-order valence-electron chi connectivity index (χ2n) is 6.14. The number of aliphatic hydroxyl groups excluding tert-OH is 1. The summed E-state index contributed by atoms with van der Waals surface area (Å²) in [5.74, 6) is 0. The fraction of sp³-hybridized carbons (Fsp3) is 0.625. The van der Waals surface area contributed by atoms with Crippen LogP contribution in [0.1, 0.15) is 25.3 Å². The maximum absolute atomic E-state index is 9.85. The minimum Gasteiger partial charge on any atom is -0.396 e. The lowest BCUT2D eigenvalue weighted by atomic mass is 9.76. The lowest BCUT2D eigenvalue weighted by Crippen LogP contribution is -2.51. The molecule has 3 nitrogen and oxygen atoms in total. The van der Waals surface area contributed by atoms with Crippen LogP contribution in [0.15, 0.2) is 30.3 Å². The molecular weight excluding hydrogens is 238 g/mol. The third-order valence-electron chi connectivity index (χ3n) is 4.58. The first-order chi connectivity index (χ1) is 9.22. The molecule has 3 heteroatoms. The maximum atomic E-state index is 9.85. The van der Waals surface area contributed by atoms with Gasteiger partial charge in [0.2, 0.25) is 0 Å². The van der Waals surface area contributed by atoms with Crippen molar-refractivity contribution in [3.8, 4) is 0 Å². The Morgan fingerprint density at radius 3 is 2.89 bits per heavy atom. The first-order valence-corrected chi connectivity index (χ1v) is 7.24. The van der Waals surface area contributed by atoms with Crippen LogP contribution in [0, 0.1) is 5.41 Å². The summed E-state index contributed by atoms with van der Waals surface area (Å²) in [5, 5.41) is 9.85. The van der Waals surface area contributed by atoms with Gasteiger partial charge in [0.05, 0.1) is 18.8 Å². The van der Waals surface area contributed by atoms with Gasteiger partial charge in [-0.15, -0.1) is 0 Å². The Labute approximate surface area is 115 Å². The van der Waals surface area contributed by atoms with Gasteiger partial charge in [0.1, 0.15) is 0 Å². The van der Waals surface area contributed by atoms with Crippen molar-refractivity contribution in [1.29, 1.82) is 0 Å². The van der Waals surface area contributed by atoms with E-state index in [-0.39, 0.29) is 24.2 Å². The van der Waals surface area contributed by atoms with E-state index < -0.39 is 0 Å². The highest BCUT2D eigenvalue weighted by Crippen LogP contribution is 2.43. The van der Waals surface area contributed by atoms with Crippen LogP contribution in [0.25, 0.3) is 0 Å². The van der Waals surface area contributed by atoms with Gasteiger partial charge < -0.3 is 9.84 Å². The summed E-state index contributed by atoms with van der Waals surface area (Å²) in [6.07, 6.45) is 2.56. The number of fused-ring (bicyclic) bond motifs is 1. The third-order valence-corrected chi connectivity index (χ3v) is 4.58. The summed E-state index contributed by atoms with van der Waals surface area (Å²) in [6.45, 7) is 5.36. The van der Waals surface area contributed by atoms with Crippen LogP contribution in [0.3, 0.4) is 0 Å².